The van der Waals surface area contributed by atoms with Crippen LogP contribution in [0.4, 0.5) is 5.69 Å². The van der Waals surface area contributed by atoms with E-state index >= 15 is 0 Å². The van der Waals surface area contributed by atoms with Crippen LogP contribution < -0.4 is 19.8 Å². The number of hydrazone groups is 1. The van der Waals surface area contributed by atoms with Gasteiger partial charge in [0.25, 0.3) is 0 Å². The molecule has 0 aromatic heterocycles. The van der Waals surface area contributed by atoms with E-state index in [-0.39, 0.29) is 25.0 Å². The number of rotatable bonds is 4. The van der Waals surface area contributed by atoms with E-state index in [1.54, 1.807) is 17.0 Å². The zero-order valence-corrected chi connectivity index (χ0v) is 15.8. The summed E-state index contributed by atoms with van der Waals surface area (Å²) in [4.78, 5) is 26.5. The van der Waals surface area contributed by atoms with Crippen LogP contribution in [0.2, 0.25) is 0 Å². The molecule has 144 valence electrons. The highest BCUT2D eigenvalue weighted by Crippen LogP contribution is 2.32. The second-order valence-electron chi connectivity index (χ2n) is 7.02. The number of carbonyl (C=O) groups is 2. The molecule has 1 fully saturated rings. The maximum Gasteiger partial charge on any atom is 0.245 e. The van der Waals surface area contributed by atoms with Crippen LogP contribution >= 0.6 is 0 Å². The van der Waals surface area contributed by atoms with E-state index in [9.17, 15) is 9.59 Å². The van der Waals surface area contributed by atoms with Crippen molar-refractivity contribution in [1.29, 1.82) is 0 Å². The number of anilines is 1. The zero-order chi connectivity index (χ0) is 19.7. The molecule has 1 atom stereocenters. The van der Waals surface area contributed by atoms with Crippen molar-refractivity contribution in [3.8, 4) is 11.5 Å². The third-order valence-corrected chi connectivity index (χ3v) is 5.08. The molecule has 2 aliphatic heterocycles. The predicted molar refractivity (Wildman–Crippen MR) is 105 cm³/mol. The number of ether oxygens (including phenoxy) is 2. The summed E-state index contributed by atoms with van der Waals surface area (Å²) in [5.74, 6) is 0.598. The number of nitrogens with one attached hydrogen (secondary N) is 1. The van der Waals surface area contributed by atoms with Gasteiger partial charge >= 0.3 is 0 Å². The molecule has 0 bridgehead atoms. The molecule has 0 aliphatic carbocycles. The monoisotopic (exact) mass is 379 g/mol. The van der Waals surface area contributed by atoms with Gasteiger partial charge in [0, 0.05) is 18.7 Å². The minimum atomic E-state index is -0.428. The third-order valence-electron chi connectivity index (χ3n) is 5.08. The maximum atomic E-state index is 12.4. The van der Waals surface area contributed by atoms with Gasteiger partial charge in [0.2, 0.25) is 18.6 Å². The smallest absolute Gasteiger partial charge is 0.245 e. The lowest BCUT2D eigenvalue weighted by molar-refractivity contribution is -0.126. The average molecular weight is 379 g/mol. The van der Waals surface area contributed by atoms with Gasteiger partial charge in [0.1, 0.15) is 0 Å². The quantitative estimate of drug-likeness (QED) is 0.654. The van der Waals surface area contributed by atoms with Crippen LogP contribution in [0.25, 0.3) is 0 Å². The Morgan fingerprint density at radius 1 is 1.14 bits per heavy atom. The Morgan fingerprint density at radius 3 is 2.79 bits per heavy atom. The first-order valence-corrected chi connectivity index (χ1v) is 9.11. The van der Waals surface area contributed by atoms with Crippen molar-refractivity contribution >= 4 is 23.7 Å². The summed E-state index contributed by atoms with van der Waals surface area (Å²) in [5.41, 5.74) is 6.43. The van der Waals surface area contributed by atoms with Crippen LogP contribution in [0.5, 0.6) is 11.5 Å². The minimum absolute atomic E-state index is 0.0526. The standard InChI is InChI=1S/C21H21N3O4/c1-13-3-5-17(7-14(13)2)24-11-16(9-20(24)25)21(26)23-22-10-15-4-6-18-19(8-15)28-12-27-18/h3-8,10,16H,9,11-12H2,1-2H3,(H,23,26)/b22-10-/t16-/m0/s1. The van der Waals surface area contributed by atoms with Gasteiger partial charge < -0.3 is 14.4 Å². The molecule has 2 aromatic rings. The number of carbonyl (C=O) groups excluding carboxylic acids is 2. The largest absolute Gasteiger partial charge is 0.454 e. The summed E-state index contributed by atoms with van der Waals surface area (Å²) in [5, 5.41) is 4.01. The van der Waals surface area contributed by atoms with E-state index in [1.165, 1.54) is 11.8 Å². The Kier molecular flexibility index (Phi) is 4.73. The molecule has 2 heterocycles. The minimum Gasteiger partial charge on any atom is -0.454 e. The molecule has 7 heteroatoms. The van der Waals surface area contributed by atoms with Crippen molar-refractivity contribution < 1.29 is 19.1 Å². The number of hydrogen-bond acceptors (Lipinski definition) is 5. The molecular weight excluding hydrogens is 358 g/mol. The molecule has 0 saturated carbocycles. The summed E-state index contributed by atoms with van der Waals surface area (Å²) in [6, 6.07) is 11.3. The number of aryl methyl sites for hydroxylation is 2. The van der Waals surface area contributed by atoms with Crippen LogP contribution in [-0.4, -0.2) is 31.4 Å². The molecule has 2 aliphatic rings. The summed E-state index contributed by atoms with van der Waals surface area (Å²) < 4.78 is 10.6. The highest BCUT2D eigenvalue weighted by atomic mass is 16.7. The Labute approximate surface area is 162 Å². The van der Waals surface area contributed by atoms with Crippen molar-refractivity contribution in [2.75, 3.05) is 18.2 Å². The summed E-state index contributed by atoms with van der Waals surface area (Å²) >= 11 is 0. The van der Waals surface area contributed by atoms with E-state index in [0.717, 1.165) is 16.8 Å². The van der Waals surface area contributed by atoms with E-state index in [2.05, 4.69) is 10.5 Å². The maximum absolute atomic E-state index is 12.4. The molecule has 0 radical (unpaired) electrons. The molecule has 7 nitrogen and oxygen atoms in total. The molecule has 2 aromatic carbocycles. The normalized spacial score (nSPS) is 18.1. The molecule has 0 spiro atoms. The van der Waals surface area contributed by atoms with Gasteiger partial charge in [-0.05, 0) is 60.9 Å². The van der Waals surface area contributed by atoms with Crippen LogP contribution in [0, 0.1) is 19.8 Å². The number of nitrogens with zero attached hydrogens (tertiary/aromatic N) is 2. The van der Waals surface area contributed by atoms with Crippen LogP contribution in [0.3, 0.4) is 0 Å². The number of hydrogen-bond donors (Lipinski definition) is 1. The van der Waals surface area contributed by atoms with Crippen molar-refractivity contribution in [3.63, 3.8) is 0 Å². The lowest BCUT2D eigenvalue weighted by atomic mass is 10.1. The zero-order valence-electron chi connectivity index (χ0n) is 15.8. The second kappa shape index (κ2) is 7.34. The van der Waals surface area contributed by atoms with Crippen LogP contribution in [0.1, 0.15) is 23.1 Å². The Balaban J connectivity index is 1.37. The summed E-state index contributed by atoms with van der Waals surface area (Å²) in [6.07, 6.45) is 1.72. The molecule has 2 amide bonds. The Bertz CT molecular complexity index is 970. The van der Waals surface area contributed by atoms with Gasteiger partial charge in [-0.3, -0.25) is 9.59 Å². The van der Waals surface area contributed by atoms with E-state index < -0.39 is 5.92 Å². The van der Waals surface area contributed by atoms with E-state index in [4.69, 9.17) is 9.47 Å². The molecule has 1 saturated heterocycles. The van der Waals surface area contributed by atoms with E-state index in [0.29, 0.717) is 18.0 Å². The first-order chi connectivity index (χ1) is 13.5. The molecule has 1 N–H and O–H groups in total. The van der Waals surface area contributed by atoms with Crippen molar-refractivity contribution in [2.24, 2.45) is 11.0 Å². The second-order valence-corrected chi connectivity index (χ2v) is 7.02. The number of fused-ring (bicyclic) bond motifs is 1. The molecular formula is C21H21N3O4. The lowest BCUT2D eigenvalue weighted by Gasteiger charge is -2.17. The summed E-state index contributed by atoms with van der Waals surface area (Å²) in [6.45, 7) is 4.60. The highest BCUT2D eigenvalue weighted by molar-refractivity contribution is 6.00. The van der Waals surface area contributed by atoms with Crippen molar-refractivity contribution in [1.82, 2.24) is 5.43 Å². The molecule has 28 heavy (non-hydrogen) atoms. The summed E-state index contributed by atoms with van der Waals surface area (Å²) in [7, 11) is 0. The predicted octanol–water partition coefficient (Wildman–Crippen LogP) is 2.54. The third kappa shape index (κ3) is 3.55. The highest BCUT2D eigenvalue weighted by Gasteiger charge is 2.35. The topological polar surface area (TPSA) is 80.2 Å². The number of amides is 2. The Hall–Kier alpha value is -3.35. The first-order valence-electron chi connectivity index (χ1n) is 9.11. The molecule has 0 unspecified atom stereocenters. The fraction of sp³-hybridized carbons (Fsp3) is 0.286. The van der Waals surface area contributed by atoms with Crippen molar-refractivity contribution in [2.45, 2.75) is 20.3 Å². The SMILES string of the molecule is Cc1ccc(N2C[C@@H](C(=O)N/N=C\c3ccc4c(c3)OCO4)CC2=O)cc1C. The fourth-order valence-corrected chi connectivity index (χ4v) is 3.28. The van der Waals surface area contributed by atoms with E-state index in [1.807, 2.05) is 38.1 Å². The van der Waals surface area contributed by atoms with Crippen LogP contribution in [0.15, 0.2) is 41.5 Å². The van der Waals surface area contributed by atoms with Gasteiger partial charge in [-0.1, -0.05) is 6.07 Å². The lowest BCUT2D eigenvalue weighted by Crippen LogP contribution is -2.30. The fourth-order valence-electron chi connectivity index (χ4n) is 3.28. The van der Waals surface area contributed by atoms with Gasteiger partial charge in [0.05, 0.1) is 12.1 Å². The van der Waals surface area contributed by atoms with Crippen molar-refractivity contribution in [3.05, 3.63) is 53.1 Å². The van der Waals surface area contributed by atoms with Gasteiger partial charge in [-0.2, -0.15) is 5.10 Å². The average Bonchev–Trinajstić information content (AvgIpc) is 3.30. The van der Waals surface area contributed by atoms with Crippen LogP contribution in [-0.2, 0) is 9.59 Å². The van der Waals surface area contributed by atoms with Gasteiger partial charge in [-0.15, -0.1) is 0 Å². The number of benzene rings is 2. The molecule has 4 rings (SSSR count). The first kappa shape index (κ1) is 18.0. The van der Waals surface area contributed by atoms with Gasteiger partial charge in [0.15, 0.2) is 11.5 Å². The van der Waals surface area contributed by atoms with Gasteiger partial charge in [-0.25, -0.2) is 5.43 Å². The Morgan fingerprint density at radius 2 is 1.96 bits per heavy atom.